The van der Waals surface area contributed by atoms with Crippen molar-refractivity contribution in [2.24, 2.45) is 0 Å². The lowest BCUT2D eigenvalue weighted by atomic mass is 10.0. The molecule has 0 aromatic heterocycles. The van der Waals surface area contributed by atoms with Crippen molar-refractivity contribution in [1.82, 2.24) is 0 Å². The first-order chi connectivity index (χ1) is 38.0. The van der Waals surface area contributed by atoms with Crippen LogP contribution in [0.15, 0.2) is 97.2 Å². The molecule has 0 heterocycles. The minimum absolute atomic E-state index is 0.0926. The number of ether oxygens (including phenoxy) is 3. The lowest BCUT2D eigenvalue weighted by Crippen LogP contribution is -2.30. The van der Waals surface area contributed by atoms with Crippen LogP contribution in [0.5, 0.6) is 0 Å². The van der Waals surface area contributed by atoms with Gasteiger partial charge in [0.05, 0.1) is 0 Å². The van der Waals surface area contributed by atoms with E-state index in [-0.39, 0.29) is 31.1 Å². The molecule has 0 aliphatic rings. The Morgan fingerprint density at radius 1 is 0.273 bits per heavy atom. The van der Waals surface area contributed by atoms with Gasteiger partial charge in [0.2, 0.25) is 0 Å². The van der Waals surface area contributed by atoms with E-state index in [1.165, 1.54) is 180 Å². The second-order valence-corrected chi connectivity index (χ2v) is 21.6. The zero-order valence-corrected chi connectivity index (χ0v) is 50.7. The van der Waals surface area contributed by atoms with E-state index in [2.05, 4.69) is 118 Å². The zero-order valence-electron chi connectivity index (χ0n) is 50.7. The largest absolute Gasteiger partial charge is 0.462 e. The molecule has 0 amide bonds. The van der Waals surface area contributed by atoms with Gasteiger partial charge < -0.3 is 14.2 Å². The monoisotopic (exact) mass is 1070 g/mol. The van der Waals surface area contributed by atoms with E-state index in [0.717, 1.165) is 96.3 Å². The third-order valence-corrected chi connectivity index (χ3v) is 14.0. The smallest absolute Gasteiger partial charge is 0.306 e. The van der Waals surface area contributed by atoms with Crippen molar-refractivity contribution in [1.29, 1.82) is 0 Å². The fraction of sp³-hybridized carbons (Fsp3) is 0.732. The first-order valence-electron chi connectivity index (χ1n) is 32.7. The molecular weight excluding hydrogens is 949 g/mol. The van der Waals surface area contributed by atoms with Crippen molar-refractivity contribution in [2.75, 3.05) is 13.2 Å². The van der Waals surface area contributed by atoms with E-state index in [9.17, 15) is 14.4 Å². The minimum atomic E-state index is -0.799. The van der Waals surface area contributed by atoms with Crippen molar-refractivity contribution < 1.29 is 28.6 Å². The van der Waals surface area contributed by atoms with E-state index in [1.807, 2.05) is 0 Å². The van der Waals surface area contributed by atoms with Crippen LogP contribution in [0, 0.1) is 0 Å². The number of rotatable bonds is 59. The van der Waals surface area contributed by atoms with Gasteiger partial charge in [-0.1, -0.05) is 272 Å². The highest BCUT2D eigenvalue weighted by Gasteiger charge is 2.19. The summed E-state index contributed by atoms with van der Waals surface area (Å²) in [6.07, 6.45) is 87.1. The summed E-state index contributed by atoms with van der Waals surface area (Å²) in [5.41, 5.74) is 0. The van der Waals surface area contributed by atoms with E-state index in [1.54, 1.807) is 0 Å². The zero-order chi connectivity index (χ0) is 55.7. The predicted octanol–water partition coefficient (Wildman–Crippen LogP) is 22.4. The third-order valence-electron chi connectivity index (χ3n) is 14.0. The van der Waals surface area contributed by atoms with Crippen molar-refractivity contribution in [3.05, 3.63) is 97.2 Å². The fourth-order valence-corrected chi connectivity index (χ4v) is 9.14. The Labute approximate surface area is 477 Å². The van der Waals surface area contributed by atoms with Crippen LogP contribution in [0.4, 0.5) is 0 Å². The molecule has 1 unspecified atom stereocenters. The highest BCUT2D eigenvalue weighted by molar-refractivity contribution is 5.71. The van der Waals surface area contributed by atoms with E-state index >= 15 is 0 Å². The number of esters is 3. The molecule has 0 saturated carbocycles. The quantitative estimate of drug-likeness (QED) is 0.0261. The van der Waals surface area contributed by atoms with Crippen LogP contribution in [-0.4, -0.2) is 37.2 Å². The summed E-state index contributed by atoms with van der Waals surface area (Å²) in [5, 5.41) is 0. The highest BCUT2D eigenvalue weighted by atomic mass is 16.6. The van der Waals surface area contributed by atoms with Gasteiger partial charge in [-0.3, -0.25) is 14.4 Å². The molecule has 0 N–H and O–H groups in total. The lowest BCUT2D eigenvalue weighted by Gasteiger charge is -2.18. The predicted molar refractivity (Wildman–Crippen MR) is 334 cm³/mol. The molecule has 1 atom stereocenters. The van der Waals surface area contributed by atoms with E-state index < -0.39 is 6.10 Å². The Morgan fingerprint density at radius 3 is 0.831 bits per heavy atom. The molecule has 6 nitrogen and oxygen atoms in total. The van der Waals surface area contributed by atoms with Gasteiger partial charge in [0.15, 0.2) is 6.10 Å². The Balaban J connectivity index is 4.34. The van der Waals surface area contributed by atoms with Gasteiger partial charge in [0.25, 0.3) is 0 Å². The average molecular weight is 1070 g/mol. The van der Waals surface area contributed by atoms with Crippen LogP contribution in [0.25, 0.3) is 0 Å². The van der Waals surface area contributed by atoms with Crippen molar-refractivity contribution in [3.63, 3.8) is 0 Å². The SMILES string of the molecule is CC/C=C\C/C=C\C/C=C\C/C=C\CCCCC(=O)OCC(COC(=O)CCCCCCCCCCCCCC/C=C\C/C=C\C/C=C\CCCCCCC)OC(=O)CCCCCCCCC/C=C\CCCCCCCC. The highest BCUT2D eigenvalue weighted by Crippen LogP contribution is 2.16. The molecule has 0 spiro atoms. The Morgan fingerprint density at radius 2 is 0.506 bits per heavy atom. The van der Waals surface area contributed by atoms with Gasteiger partial charge in [-0.05, 0) is 122 Å². The number of allylic oxidation sites excluding steroid dienone is 16. The third kappa shape index (κ3) is 63.0. The summed E-state index contributed by atoms with van der Waals surface area (Å²) in [7, 11) is 0. The molecule has 0 fully saturated rings. The summed E-state index contributed by atoms with van der Waals surface area (Å²) in [6, 6.07) is 0. The van der Waals surface area contributed by atoms with Crippen molar-refractivity contribution in [2.45, 2.75) is 322 Å². The van der Waals surface area contributed by atoms with Gasteiger partial charge in [-0.25, -0.2) is 0 Å². The fourth-order valence-electron chi connectivity index (χ4n) is 9.14. The molecule has 0 aliphatic heterocycles. The summed E-state index contributed by atoms with van der Waals surface area (Å²) in [4.78, 5) is 38.3. The number of hydrogen-bond donors (Lipinski definition) is 0. The van der Waals surface area contributed by atoms with Gasteiger partial charge in [0.1, 0.15) is 13.2 Å². The molecule has 0 aromatic rings. The molecule has 0 bridgehead atoms. The van der Waals surface area contributed by atoms with E-state index in [0.29, 0.717) is 19.3 Å². The van der Waals surface area contributed by atoms with Gasteiger partial charge in [-0.2, -0.15) is 0 Å². The molecule has 6 heteroatoms. The van der Waals surface area contributed by atoms with E-state index in [4.69, 9.17) is 14.2 Å². The normalized spacial score (nSPS) is 12.7. The first-order valence-corrected chi connectivity index (χ1v) is 32.7. The average Bonchev–Trinajstić information content (AvgIpc) is 3.43. The standard InChI is InChI=1S/C71H122O6/c1-4-7-10-13-16-19-22-25-28-30-31-32-33-34-35-36-37-38-39-41-43-46-49-52-55-58-61-64-70(73)76-67-68(66-75-69(72)63-60-57-54-51-48-45-42-27-24-21-18-15-12-9-6-3)77-71(74)65-62-59-56-53-50-47-44-40-29-26-23-20-17-14-11-8-5-2/h9,12,18,21-22,25-27,29-31,33-34,42,48,51,68H,4-8,10-11,13-17,19-20,23-24,28,32,35-41,43-47,49-50,52-67H2,1-3H3/b12-9-,21-18-,25-22-,29-26-,31-30-,34-33-,42-27-,51-48-. The molecule has 0 aliphatic carbocycles. The van der Waals surface area contributed by atoms with Gasteiger partial charge in [0, 0.05) is 19.3 Å². The van der Waals surface area contributed by atoms with Crippen LogP contribution in [-0.2, 0) is 28.6 Å². The van der Waals surface area contributed by atoms with Crippen molar-refractivity contribution in [3.8, 4) is 0 Å². The minimum Gasteiger partial charge on any atom is -0.462 e. The first kappa shape index (κ1) is 73.3. The maximum absolute atomic E-state index is 12.9. The summed E-state index contributed by atoms with van der Waals surface area (Å²) < 4.78 is 16.9. The molecule has 0 saturated heterocycles. The summed E-state index contributed by atoms with van der Waals surface area (Å²) in [6.45, 7) is 6.50. The molecule has 442 valence electrons. The van der Waals surface area contributed by atoms with Crippen LogP contribution < -0.4 is 0 Å². The maximum Gasteiger partial charge on any atom is 0.306 e. The molecule has 77 heavy (non-hydrogen) atoms. The second kappa shape index (κ2) is 64.9. The van der Waals surface area contributed by atoms with Crippen LogP contribution >= 0.6 is 0 Å². The Hall–Kier alpha value is -3.67. The molecule has 0 aromatic carbocycles. The van der Waals surface area contributed by atoms with Crippen LogP contribution in [0.2, 0.25) is 0 Å². The molecular formula is C71H122O6. The van der Waals surface area contributed by atoms with Crippen LogP contribution in [0.1, 0.15) is 316 Å². The number of unbranched alkanes of at least 4 members (excludes halogenated alkanes) is 32. The number of hydrogen-bond acceptors (Lipinski definition) is 6. The van der Waals surface area contributed by atoms with Gasteiger partial charge >= 0.3 is 17.9 Å². The van der Waals surface area contributed by atoms with Gasteiger partial charge in [-0.15, -0.1) is 0 Å². The molecule has 0 radical (unpaired) electrons. The Bertz CT molecular complexity index is 1510. The lowest BCUT2D eigenvalue weighted by molar-refractivity contribution is -0.167. The number of carbonyl (C=O) groups is 3. The summed E-state index contributed by atoms with van der Waals surface area (Å²) in [5.74, 6) is -0.932. The molecule has 0 rings (SSSR count). The second-order valence-electron chi connectivity index (χ2n) is 21.6. The summed E-state index contributed by atoms with van der Waals surface area (Å²) >= 11 is 0. The van der Waals surface area contributed by atoms with Crippen molar-refractivity contribution >= 4 is 17.9 Å². The topological polar surface area (TPSA) is 78.9 Å². The Kier molecular flexibility index (Phi) is 61.8. The number of carbonyl (C=O) groups excluding carboxylic acids is 3. The maximum atomic E-state index is 12.9. The van der Waals surface area contributed by atoms with Crippen LogP contribution in [0.3, 0.4) is 0 Å².